The highest BCUT2D eigenvalue weighted by atomic mass is 19.1. The number of nitrogens with zero attached hydrogens (tertiary/aromatic N) is 2. The first-order chi connectivity index (χ1) is 9.75. The highest BCUT2D eigenvalue weighted by Crippen LogP contribution is 2.38. The van der Waals surface area contributed by atoms with E-state index in [0.717, 1.165) is 13.0 Å². The van der Waals surface area contributed by atoms with E-state index in [-0.39, 0.29) is 0 Å². The molecule has 1 saturated heterocycles. The van der Waals surface area contributed by atoms with Gasteiger partial charge in [0, 0.05) is 18.3 Å². The van der Waals surface area contributed by atoms with Crippen molar-refractivity contribution < 1.29 is 13.7 Å². The third kappa shape index (κ3) is 3.44. The molecule has 0 N–H and O–H groups in total. The fourth-order valence-corrected chi connectivity index (χ4v) is 1.98. The lowest BCUT2D eigenvalue weighted by atomic mass is 9.87. The number of halogens is 1. The number of hydrogen-bond acceptors (Lipinski definition) is 3. The topological polar surface area (TPSA) is 36.3 Å². The molecule has 0 radical (unpaired) electrons. The highest BCUT2D eigenvalue weighted by molar-refractivity contribution is 6.54. The Kier molecular flexibility index (Phi) is 4.39. The normalized spacial score (nSPS) is 20.8. The van der Waals surface area contributed by atoms with Crippen LogP contribution >= 0.6 is 0 Å². The second-order valence-corrected chi connectivity index (χ2v) is 6.23. The van der Waals surface area contributed by atoms with Crippen LogP contribution in [0.2, 0.25) is 0 Å². The molecule has 6 heteroatoms. The van der Waals surface area contributed by atoms with Crippen LogP contribution in [0.3, 0.4) is 0 Å². The molecule has 0 spiro atoms. The molecule has 0 amide bonds. The van der Waals surface area contributed by atoms with Gasteiger partial charge in [-0.15, -0.1) is 6.58 Å². The van der Waals surface area contributed by atoms with Crippen LogP contribution in [0.15, 0.2) is 30.8 Å². The van der Waals surface area contributed by atoms with Crippen molar-refractivity contribution in [2.75, 3.05) is 0 Å². The van der Waals surface area contributed by atoms with Gasteiger partial charge in [-0.2, -0.15) is 5.10 Å². The minimum Gasteiger partial charge on any atom is -0.398 e. The Morgan fingerprint density at radius 2 is 2.00 bits per heavy atom. The molecule has 0 bridgehead atoms. The van der Waals surface area contributed by atoms with Crippen LogP contribution in [0.4, 0.5) is 4.39 Å². The molecule has 1 fully saturated rings. The number of allylic oxidation sites excluding steroid dienone is 1. The van der Waals surface area contributed by atoms with Crippen molar-refractivity contribution in [3.8, 4) is 0 Å². The van der Waals surface area contributed by atoms with E-state index in [1.165, 1.54) is 6.08 Å². The monoisotopic (exact) mass is 292 g/mol. The van der Waals surface area contributed by atoms with E-state index in [9.17, 15) is 4.39 Å². The predicted molar refractivity (Wildman–Crippen MR) is 82.2 cm³/mol. The SMILES string of the molecule is C=CCCn1cc(C=C(F)B2OC(C)(C)C(C)(C)O2)cn1. The molecule has 1 aliphatic rings. The van der Waals surface area contributed by atoms with Crippen molar-refractivity contribution in [1.82, 2.24) is 9.78 Å². The van der Waals surface area contributed by atoms with Gasteiger partial charge in [0.1, 0.15) is 5.73 Å². The maximum absolute atomic E-state index is 14.3. The summed E-state index contributed by atoms with van der Waals surface area (Å²) in [6.07, 6.45) is 7.45. The molecular weight excluding hydrogens is 270 g/mol. The van der Waals surface area contributed by atoms with Crippen LogP contribution in [0.1, 0.15) is 39.7 Å². The minimum absolute atomic E-state index is 0.447. The summed E-state index contributed by atoms with van der Waals surface area (Å²) in [6, 6.07) is 0. The van der Waals surface area contributed by atoms with Crippen LogP contribution in [0, 0.1) is 0 Å². The molecule has 114 valence electrons. The van der Waals surface area contributed by atoms with Crippen molar-refractivity contribution >= 4 is 13.2 Å². The molecule has 0 atom stereocenters. The molecule has 2 rings (SSSR count). The molecule has 0 unspecified atom stereocenters. The molecule has 1 aromatic heterocycles. The first-order valence-electron chi connectivity index (χ1n) is 7.11. The summed E-state index contributed by atoms with van der Waals surface area (Å²) < 4.78 is 27.4. The summed E-state index contributed by atoms with van der Waals surface area (Å²) in [6.45, 7) is 12.0. The zero-order chi connectivity index (χ0) is 15.7. The molecule has 4 nitrogen and oxygen atoms in total. The summed E-state index contributed by atoms with van der Waals surface area (Å²) in [5.74, 6) is 0. The molecular formula is C15H22BFN2O2. The number of aromatic nitrogens is 2. The smallest absolute Gasteiger partial charge is 0.398 e. The van der Waals surface area contributed by atoms with Crippen molar-refractivity contribution in [3.05, 3.63) is 36.3 Å². The van der Waals surface area contributed by atoms with Gasteiger partial charge in [0.2, 0.25) is 0 Å². The maximum atomic E-state index is 14.3. The van der Waals surface area contributed by atoms with Gasteiger partial charge in [0.15, 0.2) is 0 Å². The second-order valence-electron chi connectivity index (χ2n) is 6.23. The molecule has 0 aromatic carbocycles. The zero-order valence-electron chi connectivity index (χ0n) is 13.1. The molecule has 1 aromatic rings. The number of aryl methyl sites for hydroxylation is 1. The Morgan fingerprint density at radius 1 is 1.38 bits per heavy atom. The van der Waals surface area contributed by atoms with E-state index in [0.29, 0.717) is 5.56 Å². The first kappa shape index (κ1) is 16.0. The summed E-state index contributed by atoms with van der Waals surface area (Å²) >= 11 is 0. The van der Waals surface area contributed by atoms with Crippen LogP contribution in [-0.2, 0) is 15.9 Å². The maximum Gasteiger partial charge on any atom is 0.525 e. The lowest BCUT2D eigenvalue weighted by Gasteiger charge is -2.32. The Hall–Kier alpha value is -1.40. The number of rotatable bonds is 5. The van der Waals surface area contributed by atoms with Crippen LogP contribution in [-0.4, -0.2) is 28.1 Å². The van der Waals surface area contributed by atoms with E-state index >= 15 is 0 Å². The Balaban J connectivity index is 2.08. The van der Waals surface area contributed by atoms with Crippen molar-refractivity contribution in [3.63, 3.8) is 0 Å². The highest BCUT2D eigenvalue weighted by Gasteiger charge is 2.53. The Bertz CT molecular complexity index is 536. The molecule has 21 heavy (non-hydrogen) atoms. The van der Waals surface area contributed by atoms with Gasteiger partial charge >= 0.3 is 7.12 Å². The van der Waals surface area contributed by atoms with Gasteiger partial charge < -0.3 is 9.31 Å². The van der Waals surface area contributed by atoms with Gasteiger partial charge in [0.25, 0.3) is 0 Å². The number of hydrogen-bond donors (Lipinski definition) is 0. The van der Waals surface area contributed by atoms with Crippen molar-refractivity contribution in [1.29, 1.82) is 0 Å². The molecule has 0 saturated carbocycles. The Labute approximate surface area is 125 Å². The predicted octanol–water partition coefficient (Wildman–Crippen LogP) is 3.40. The van der Waals surface area contributed by atoms with Gasteiger partial charge in [0.05, 0.1) is 17.4 Å². The summed E-state index contributed by atoms with van der Waals surface area (Å²) in [7, 11) is -0.966. The van der Waals surface area contributed by atoms with Gasteiger partial charge in [-0.1, -0.05) is 6.08 Å². The van der Waals surface area contributed by atoms with Crippen LogP contribution in [0.25, 0.3) is 6.08 Å². The summed E-state index contributed by atoms with van der Waals surface area (Å²) in [5, 5.41) is 4.17. The van der Waals surface area contributed by atoms with Crippen molar-refractivity contribution in [2.45, 2.75) is 51.9 Å². The lowest BCUT2D eigenvalue weighted by Crippen LogP contribution is -2.41. The van der Waals surface area contributed by atoms with E-state index in [4.69, 9.17) is 9.31 Å². The third-order valence-electron chi connectivity index (χ3n) is 4.00. The lowest BCUT2D eigenvalue weighted by molar-refractivity contribution is 0.00578. The average molecular weight is 292 g/mol. The quantitative estimate of drug-likeness (QED) is 0.616. The third-order valence-corrected chi connectivity index (χ3v) is 4.00. The standard InChI is InChI=1S/C15H22BFN2O2/c1-6-7-8-19-11-12(10-18-19)9-13(17)16-20-14(2,3)15(4,5)21-16/h6,9-11H,1,7-8H2,2-5H3. The van der Waals surface area contributed by atoms with E-state index in [2.05, 4.69) is 11.7 Å². The van der Waals surface area contributed by atoms with Crippen LogP contribution < -0.4 is 0 Å². The average Bonchev–Trinajstić information content (AvgIpc) is 2.90. The first-order valence-corrected chi connectivity index (χ1v) is 7.11. The van der Waals surface area contributed by atoms with Gasteiger partial charge in [-0.3, -0.25) is 4.68 Å². The van der Waals surface area contributed by atoms with Crippen molar-refractivity contribution in [2.24, 2.45) is 0 Å². The molecule has 2 heterocycles. The minimum atomic E-state index is -0.966. The van der Waals surface area contributed by atoms with Gasteiger partial charge in [-0.25, -0.2) is 4.39 Å². The van der Waals surface area contributed by atoms with E-state index < -0.39 is 24.0 Å². The van der Waals surface area contributed by atoms with E-state index in [1.807, 2.05) is 33.8 Å². The molecule has 0 aliphatic carbocycles. The summed E-state index contributed by atoms with van der Waals surface area (Å²) in [5.41, 5.74) is -0.850. The zero-order valence-corrected chi connectivity index (χ0v) is 13.1. The fraction of sp³-hybridized carbons (Fsp3) is 0.533. The van der Waals surface area contributed by atoms with E-state index in [1.54, 1.807) is 17.1 Å². The Morgan fingerprint density at radius 3 is 2.57 bits per heavy atom. The molecule has 1 aliphatic heterocycles. The summed E-state index contributed by atoms with van der Waals surface area (Å²) in [4.78, 5) is 0. The largest absolute Gasteiger partial charge is 0.525 e. The van der Waals surface area contributed by atoms with Gasteiger partial charge in [-0.05, 0) is 40.2 Å². The fourth-order valence-electron chi connectivity index (χ4n) is 1.98. The van der Waals surface area contributed by atoms with Crippen LogP contribution in [0.5, 0.6) is 0 Å². The second kappa shape index (κ2) is 5.77.